The number of hydrogen-bond donors (Lipinski definition) is 1. The van der Waals surface area contributed by atoms with Gasteiger partial charge in [0.1, 0.15) is 0 Å². The highest BCUT2D eigenvalue weighted by Gasteiger charge is 2.14. The molecule has 0 saturated carbocycles. The van der Waals surface area contributed by atoms with Crippen LogP contribution in [-0.4, -0.2) is 25.3 Å². The molecule has 0 aromatic heterocycles. The van der Waals surface area contributed by atoms with E-state index < -0.39 is 0 Å². The first kappa shape index (κ1) is 16.9. The van der Waals surface area contributed by atoms with Crippen LogP contribution in [0.4, 0.5) is 0 Å². The highest BCUT2D eigenvalue weighted by atomic mass is 16.5. The molecule has 0 aliphatic heterocycles. The minimum absolute atomic E-state index is 0.317. The number of ether oxygens (including phenoxy) is 1. The monoisotopic (exact) mass is 243 g/mol. The highest BCUT2D eigenvalue weighted by Crippen LogP contribution is 2.14. The molecule has 0 aromatic rings. The molecule has 104 valence electrons. The second-order valence-electron chi connectivity index (χ2n) is 5.20. The lowest BCUT2D eigenvalue weighted by Gasteiger charge is -2.24. The SMILES string of the molecule is CCCCC(CC)COC(C)C(C)NCCC. The van der Waals surface area contributed by atoms with Crippen molar-refractivity contribution in [2.75, 3.05) is 13.2 Å². The zero-order valence-electron chi connectivity index (χ0n) is 12.6. The quantitative estimate of drug-likeness (QED) is 0.592. The molecule has 3 unspecified atom stereocenters. The van der Waals surface area contributed by atoms with Gasteiger partial charge < -0.3 is 10.1 Å². The van der Waals surface area contributed by atoms with Gasteiger partial charge in [-0.3, -0.25) is 0 Å². The summed E-state index contributed by atoms with van der Waals surface area (Å²) >= 11 is 0. The van der Waals surface area contributed by atoms with Crippen molar-refractivity contribution < 1.29 is 4.74 Å². The first-order valence-corrected chi connectivity index (χ1v) is 7.50. The molecule has 0 fully saturated rings. The van der Waals surface area contributed by atoms with Gasteiger partial charge in [0, 0.05) is 12.6 Å². The standard InChI is InChI=1S/C15H33NO/c1-6-9-10-15(8-3)12-17-14(5)13(4)16-11-7-2/h13-16H,6-12H2,1-5H3. The summed E-state index contributed by atoms with van der Waals surface area (Å²) in [5.41, 5.74) is 0. The van der Waals surface area contributed by atoms with Gasteiger partial charge in [-0.15, -0.1) is 0 Å². The van der Waals surface area contributed by atoms with Gasteiger partial charge in [-0.05, 0) is 39.2 Å². The zero-order valence-corrected chi connectivity index (χ0v) is 12.6. The van der Waals surface area contributed by atoms with Gasteiger partial charge in [0.15, 0.2) is 0 Å². The topological polar surface area (TPSA) is 21.3 Å². The Morgan fingerprint density at radius 1 is 1.06 bits per heavy atom. The normalized spacial score (nSPS) is 16.8. The number of unbranched alkanes of at least 4 members (excludes halogenated alkanes) is 1. The van der Waals surface area contributed by atoms with Crippen LogP contribution >= 0.6 is 0 Å². The number of hydrogen-bond acceptors (Lipinski definition) is 2. The van der Waals surface area contributed by atoms with Gasteiger partial charge in [0.05, 0.1) is 6.10 Å². The van der Waals surface area contributed by atoms with E-state index in [2.05, 4.69) is 39.9 Å². The van der Waals surface area contributed by atoms with E-state index in [4.69, 9.17) is 4.74 Å². The summed E-state index contributed by atoms with van der Waals surface area (Å²) in [6, 6.07) is 0.457. The molecular weight excluding hydrogens is 210 g/mol. The first-order valence-electron chi connectivity index (χ1n) is 7.50. The van der Waals surface area contributed by atoms with Crippen molar-refractivity contribution in [1.29, 1.82) is 0 Å². The third-order valence-electron chi connectivity index (χ3n) is 3.56. The lowest BCUT2D eigenvalue weighted by molar-refractivity contribution is 0.0181. The summed E-state index contributed by atoms with van der Waals surface area (Å²) in [5, 5.41) is 3.49. The van der Waals surface area contributed by atoms with Crippen LogP contribution in [0.1, 0.15) is 66.7 Å². The van der Waals surface area contributed by atoms with Crippen LogP contribution in [0.15, 0.2) is 0 Å². The van der Waals surface area contributed by atoms with Crippen LogP contribution in [0.3, 0.4) is 0 Å². The summed E-state index contributed by atoms with van der Waals surface area (Å²) < 4.78 is 5.99. The lowest BCUT2D eigenvalue weighted by Crippen LogP contribution is -2.38. The molecule has 0 bridgehead atoms. The molecular formula is C15H33NO. The van der Waals surface area contributed by atoms with Crippen LogP contribution in [-0.2, 0) is 4.74 Å². The minimum atomic E-state index is 0.317. The van der Waals surface area contributed by atoms with Crippen molar-refractivity contribution in [3.8, 4) is 0 Å². The van der Waals surface area contributed by atoms with E-state index in [-0.39, 0.29) is 0 Å². The van der Waals surface area contributed by atoms with Crippen LogP contribution in [0.5, 0.6) is 0 Å². The van der Waals surface area contributed by atoms with Crippen molar-refractivity contribution in [3.05, 3.63) is 0 Å². The molecule has 0 saturated heterocycles. The second kappa shape index (κ2) is 11.0. The van der Waals surface area contributed by atoms with E-state index in [1.807, 2.05) is 0 Å². The molecule has 0 aliphatic rings. The largest absolute Gasteiger partial charge is 0.377 e. The van der Waals surface area contributed by atoms with E-state index in [1.165, 1.54) is 32.1 Å². The molecule has 2 heteroatoms. The van der Waals surface area contributed by atoms with E-state index in [0.717, 1.165) is 19.1 Å². The van der Waals surface area contributed by atoms with Crippen molar-refractivity contribution in [2.24, 2.45) is 5.92 Å². The van der Waals surface area contributed by atoms with Crippen molar-refractivity contribution >= 4 is 0 Å². The van der Waals surface area contributed by atoms with E-state index in [0.29, 0.717) is 12.1 Å². The van der Waals surface area contributed by atoms with Crippen LogP contribution in [0.2, 0.25) is 0 Å². The average Bonchev–Trinajstić information content (AvgIpc) is 2.35. The van der Waals surface area contributed by atoms with Crippen LogP contribution in [0.25, 0.3) is 0 Å². The Labute approximate surface area is 109 Å². The summed E-state index contributed by atoms with van der Waals surface area (Å²) in [5.74, 6) is 0.746. The molecule has 0 radical (unpaired) electrons. The predicted molar refractivity (Wildman–Crippen MR) is 76.5 cm³/mol. The Kier molecular flexibility index (Phi) is 11.0. The Morgan fingerprint density at radius 2 is 1.76 bits per heavy atom. The third kappa shape index (κ3) is 8.62. The molecule has 0 aromatic carbocycles. The average molecular weight is 243 g/mol. The van der Waals surface area contributed by atoms with Crippen molar-refractivity contribution in [2.45, 2.75) is 78.9 Å². The van der Waals surface area contributed by atoms with Gasteiger partial charge >= 0.3 is 0 Å². The van der Waals surface area contributed by atoms with E-state index in [9.17, 15) is 0 Å². The summed E-state index contributed by atoms with van der Waals surface area (Å²) in [6.07, 6.45) is 6.68. The zero-order chi connectivity index (χ0) is 13.1. The molecule has 0 rings (SSSR count). The van der Waals surface area contributed by atoms with Gasteiger partial charge in [0.2, 0.25) is 0 Å². The molecule has 0 aliphatic carbocycles. The summed E-state index contributed by atoms with van der Waals surface area (Å²) in [6.45, 7) is 13.1. The van der Waals surface area contributed by atoms with Gasteiger partial charge in [-0.1, -0.05) is 40.0 Å². The van der Waals surface area contributed by atoms with Crippen LogP contribution < -0.4 is 5.32 Å². The minimum Gasteiger partial charge on any atom is -0.377 e. The maximum atomic E-state index is 5.99. The van der Waals surface area contributed by atoms with E-state index in [1.54, 1.807) is 0 Å². The molecule has 0 heterocycles. The first-order chi connectivity index (χ1) is 8.15. The molecule has 17 heavy (non-hydrogen) atoms. The summed E-state index contributed by atoms with van der Waals surface area (Å²) in [4.78, 5) is 0. The maximum absolute atomic E-state index is 5.99. The molecule has 0 spiro atoms. The van der Waals surface area contributed by atoms with Crippen molar-refractivity contribution in [3.63, 3.8) is 0 Å². The fourth-order valence-corrected chi connectivity index (χ4v) is 1.87. The lowest BCUT2D eigenvalue weighted by atomic mass is 10.0. The maximum Gasteiger partial charge on any atom is 0.0697 e. The number of nitrogens with one attached hydrogen (secondary N) is 1. The van der Waals surface area contributed by atoms with E-state index >= 15 is 0 Å². The molecule has 2 nitrogen and oxygen atoms in total. The van der Waals surface area contributed by atoms with Crippen LogP contribution in [0, 0.1) is 5.92 Å². The second-order valence-corrected chi connectivity index (χ2v) is 5.20. The Bertz CT molecular complexity index is 161. The fourth-order valence-electron chi connectivity index (χ4n) is 1.87. The van der Waals surface area contributed by atoms with Gasteiger partial charge in [-0.2, -0.15) is 0 Å². The van der Waals surface area contributed by atoms with Crippen molar-refractivity contribution in [1.82, 2.24) is 5.32 Å². The van der Waals surface area contributed by atoms with Gasteiger partial charge in [0.25, 0.3) is 0 Å². The predicted octanol–water partition coefficient (Wildman–Crippen LogP) is 4.00. The fraction of sp³-hybridized carbons (Fsp3) is 1.00. The third-order valence-corrected chi connectivity index (χ3v) is 3.56. The molecule has 1 N–H and O–H groups in total. The van der Waals surface area contributed by atoms with Gasteiger partial charge in [-0.25, -0.2) is 0 Å². The summed E-state index contributed by atoms with van der Waals surface area (Å²) in [7, 11) is 0. The molecule has 0 amide bonds. The Morgan fingerprint density at radius 3 is 2.29 bits per heavy atom. The Hall–Kier alpha value is -0.0800. The highest BCUT2D eigenvalue weighted by molar-refractivity contribution is 4.69. The molecule has 3 atom stereocenters. The number of rotatable bonds is 11. The Balaban J connectivity index is 3.74. The smallest absolute Gasteiger partial charge is 0.0697 e.